The van der Waals surface area contributed by atoms with Crippen LogP contribution in [0.2, 0.25) is 0 Å². The van der Waals surface area contributed by atoms with Crippen molar-refractivity contribution in [1.82, 2.24) is 4.98 Å². The van der Waals surface area contributed by atoms with Crippen molar-refractivity contribution in [3.05, 3.63) is 48.3 Å². The number of rotatable bonds is 4. The van der Waals surface area contributed by atoms with Gasteiger partial charge in [0.05, 0.1) is 6.10 Å². The van der Waals surface area contributed by atoms with E-state index in [1.807, 2.05) is 12.1 Å². The Morgan fingerprint density at radius 1 is 1.28 bits per heavy atom. The molecule has 5 heteroatoms. The van der Waals surface area contributed by atoms with Crippen molar-refractivity contribution >= 4 is 28.4 Å². The molecule has 3 aromatic rings. The summed E-state index contributed by atoms with van der Waals surface area (Å²) >= 11 is 1.79. The normalized spacial score (nSPS) is 17.6. The second kappa shape index (κ2) is 6.73. The molecule has 1 saturated heterocycles. The number of H-pyrrole nitrogens is 1. The summed E-state index contributed by atoms with van der Waals surface area (Å²) in [6.07, 6.45) is 0.504. The van der Waals surface area contributed by atoms with Gasteiger partial charge < -0.3 is 15.0 Å². The Kier molecular flexibility index (Phi) is 4.44. The highest BCUT2D eigenvalue weighted by Crippen LogP contribution is 2.37. The number of aromatic nitrogens is 1. The third-order valence-corrected chi connectivity index (χ3v) is 5.56. The summed E-state index contributed by atoms with van der Waals surface area (Å²) in [4.78, 5) is 6.76. The molecule has 0 aliphatic carbocycles. The van der Waals surface area contributed by atoms with Gasteiger partial charge in [-0.25, -0.2) is 4.39 Å². The lowest BCUT2D eigenvalue weighted by molar-refractivity contribution is 0.198. The van der Waals surface area contributed by atoms with Crippen LogP contribution in [-0.4, -0.2) is 35.0 Å². The summed E-state index contributed by atoms with van der Waals surface area (Å²) in [7, 11) is 0. The summed E-state index contributed by atoms with van der Waals surface area (Å²) < 4.78 is 14.1. The van der Waals surface area contributed by atoms with E-state index in [1.165, 1.54) is 11.0 Å². The minimum absolute atomic E-state index is 0.211. The zero-order valence-electron chi connectivity index (χ0n) is 14.1. The van der Waals surface area contributed by atoms with Crippen LogP contribution < -0.4 is 4.90 Å². The minimum atomic E-state index is -0.280. The third kappa shape index (κ3) is 3.14. The molecule has 25 heavy (non-hydrogen) atoms. The molecule has 0 spiro atoms. The molecule has 4 rings (SSSR count). The van der Waals surface area contributed by atoms with Crippen molar-refractivity contribution in [2.24, 2.45) is 0 Å². The monoisotopic (exact) mass is 356 g/mol. The smallest absolute Gasteiger partial charge is 0.132 e. The summed E-state index contributed by atoms with van der Waals surface area (Å²) in [5.41, 5.74) is 3.86. The Balaban J connectivity index is 1.84. The van der Waals surface area contributed by atoms with Gasteiger partial charge in [-0.15, -0.1) is 11.8 Å². The molecule has 0 amide bonds. The van der Waals surface area contributed by atoms with Gasteiger partial charge in [-0.2, -0.15) is 0 Å². The summed E-state index contributed by atoms with van der Waals surface area (Å²) in [5.74, 6) is 0.792. The Labute approximate surface area is 150 Å². The molecule has 0 bridgehead atoms. The SMILES string of the molecule is CCSc1ccc(N2CCC(O)C2)c(-c2cc3c(F)cccc3[nH]2)c1. The van der Waals surface area contributed by atoms with Crippen LogP contribution in [0.3, 0.4) is 0 Å². The number of aromatic amines is 1. The Hall–Kier alpha value is -1.98. The van der Waals surface area contributed by atoms with Crippen molar-refractivity contribution in [3.8, 4) is 11.3 Å². The Morgan fingerprint density at radius 3 is 2.88 bits per heavy atom. The average molecular weight is 356 g/mol. The van der Waals surface area contributed by atoms with E-state index in [9.17, 15) is 9.50 Å². The summed E-state index contributed by atoms with van der Waals surface area (Å²) in [6, 6.07) is 13.4. The highest BCUT2D eigenvalue weighted by molar-refractivity contribution is 7.99. The van der Waals surface area contributed by atoms with Gasteiger partial charge in [0.25, 0.3) is 0 Å². The fourth-order valence-corrected chi connectivity index (χ4v) is 4.19. The van der Waals surface area contributed by atoms with Gasteiger partial charge in [0.2, 0.25) is 0 Å². The van der Waals surface area contributed by atoms with Crippen molar-refractivity contribution in [1.29, 1.82) is 0 Å². The van der Waals surface area contributed by atoms with Crippen molar-refractivity contribution in [3.63, 3.8) is 0 Å². The van der Waals surface area contributed by atoms with Crippen LogP contribution in [0.15, 0.2) is 47.4 Å². The number of β-amino-alcohol motifs (C(OH)–C–C–N with tert-alkyl or cyclic N) is 1. The predicted octanol–water partition coefficient (Wildman–Crippen LogP) is 4.66. The molecule has 2 heterocycles. The molecular formula is C20H21FN2OS. The molecular weight excluding hydrogens is 335 g/mol. The number of halogens is 1. The van der Waals surface area contributed by atoms with E-state index >= 15 is 0 Å². The molecule has 0 radical (unpaired) electrons. The number of aliphatic hydroxyl groups is 1. The summed E-state index contributed by atoms with van der Waals surface area (Å²) in [6.45, 7) is 3.61. The highest BCUT2D eigenvalue weighted by Gasteiger charge is 2.23. The highest BCUT2D eigenvalue weighted by atomic mass is 32.2. The maximum atomic E-state index is 14.1. The lowest BCUT2D eigenvalue weighted by atomic mass is 10.1. The van der Waals surface area contributed by atoms with Crippen LogP contribution in [0, 0.1) is 5.82 Å². The molecule has 1 fully saturated rings. The van der Waals surface area contributed by atoms with Crippen LogP contribution >= 0.6 is 11.8 Å². The average Bonchev–Trinajstić information content (AvgIpc) is 3.22. The molecule has 1 aliphatic heterocycles. The van der Waals surface area contributed by atoms with E-state index < -0.39 is 0 Å². The lowest BCUT2D eigenvalue weighted by Crippen LogP contribution is -2.21. The molecule has 3 nitrogen and oxygen atoms in total. The first-order valence-electron chi connectivity index (χ1n) is 8.63. The maximum Gasteiger partial charge on any atom is 0.132 e. The second-order valence-electron chi connectivity index (χ2n) is 6.38. The van der Waals surface area contributed by atoms with E-state index in [-0.39, 0.29) is 11.9 Å². The number of thioether (sulfide) groups is 1. The molecule has 0 saturated carbocycles. The second-order valence-corrected chi connectivity index (χ2v) is 7.72. The fourth-order valence-electron chi connectivity index (χ4n) is 3.49. The first-order chi connectivity index (χ1) is 12.2. The third-order valence-electron chi connectivity index (χ3n) is 4.68. The van der Waals surface area contributed by atoms with Gasteiger partial charge in [0, 0.05) is 45.8 Å². The first kappa shape index (κ1) is 16.5. The van der Waals surface area contributed by atoms with Gasteiger partial charge in [-0.3, -0.25) is 0 Å². The van der Waals surface area contributed by atoms with Gasteiger partial charge in [-0.1, -0.05) is 13.0 Å². The zero-order chi connectivity index (χ0) is 17.4. The fraction of sp³-hybridized carbons (Fsp3) is 0.300. The van der Waals surface area contributed by atoms with Crippen LogP contribution in [0.4, 0.5) is 10.1 Å². The number of nitrogens with zero attached hydrogens (tertiary/aromatic N) is 1. The minimum Gasteiger partial charge on any atom is -0.391 e. The Morgan fingerprint density at radius 2 is 2.16 bits per heavy atom. The molecule has 1 unspecified atom stereocenters. The number of nitrogens with one attached hydrogen (secondary N) is 1. The van der Waals surface area contributed by atoms with Gasteiger partial charge in [0.15, 0.2) is 0 Å². The van der Waals surface area contributed by atoms with Crippen molar-refractivity contribution < 1.29 is 9.50 Å². The Bertz CT molecular complexity index is 908. The topological polar surface area (TPSA) is 39.3 Å². The number of aliphatic hydroxyl groups excluding tert-OH is 1. The van der Waals surface area contributed by atoms with Crippen LogP contribution in [0.1, 0.15) is 13.3 Å². The van der Waals surface area contributed by atoms with Gasteiger partial charge >= 0.3 is 0 Å². The number of anilines is 1. The van der Waals surface area contributed by atoms with Gasteiger partial charge in [-0.05, 0) is 48.6 Å². The van der Waals surface area contributed by atoms with Crippen molar-refractivity contribution in [2.45, 2.75) is 24.3 Å². The molecule has 2 aromatic carbocycles. The van der Waals surface area contributed by atoms with Gasteiger partial charge in [0.1, 0.15) is 5.82 Å². The number of fused-ring (bicyclic) bond motifs is 1. The largest absolute Gasteiger partial charge is 0.391 e. The molecule has 1 atom stereocenters. The van der Waals surface area contributed by atoms with Crippen molar-refractivity contribution in [2.75, 3.05) is 23.7 Å². The van der Waals surface area contributed by atoms with E-state index in [0.29, 0.717) is 11.9 Å². The lowest BCUT2D eigenvalue weighted by Gasteiger charge is -2.22. The standard InChI is InChI=1S/C20H21FN2OS/c1-2-25-14-6-7-20(23-9-8-13(24)12-23)16(10-14)19-11-15-17(21)4-3-5-18(15)22-19/h3-7,10-11,13,22,24H,2,8-9,12H2,1H3. The number of hydrogen-bond donors (Lipinski definition) is 2. The van der Waals surface area contributed by atoms with Crippen LogP contribution in [-0.2, 0) is 0 Å². The quantitative estimate of drug-likeness (QED) is 0.668. The molecule has 1 aromatic heterocycles. The van der Waals surface area contributed by atoms with E-state index in [0.717, 1.165) is 41.2 Å². The number of benzene rings is 2. The molecule has 1 aliphatic rings. The van der Waals surface area contributed by atoms with Crippen LogP contribution in [0.25, 0.3) is 22.2 Å². The molecule has 130 valence electrons. The van der Waals surface area contributed by atoms with E-state index in [2.05, 4.69) is 35.0 Å². The number of hydrogen-bond acceptors (Lipinski definition) is 3. The van der Waals surface area contributed by atoms with E-state index in [1.54, 1.807) is 17.8 Å². The van der Waals surface area contributed by atoms with Crippen LogP contribution in [0.5, 0.6) is 0 Å². The first-order valence-corrected chi connectivity index (χ1v) is 9.61. The maximum absolute atomic E-state index is 14.1. The molecule has 2 N–H and O–H groups in total. The summed E-state index contributed by atoms with van der Waals surface area (Å²) in [5, 5.41) is 10.5. The van der Waals surface area contributed by atoms with E-state index in [4.69, 9.17) is 0 Å². The zero-order valence-corrected chi connectivity index (χ0v) is 14.9. The predicted molar refractivity (Wildman–Crippen MR) is 103 cm³/mol.